The first-order valence-corrected chi connectivity index (χ1v) is 11.9. The summed E-state index contributed by atoms with van der Waals surface area (Å²) in [4.78, 5) is 36.4. The number of hydrogen-bond acceptors (Lipinski definition) is 8. The molecular formula is C18H29NO8Si. The third kappa shape index (κ3) is 4.02. The molecule has 0 aromatic heterocycles. The largest absolute Gasteiger partial charge is 0.508 e. The molecule has 0 radical (unpaired) electrons. The molecule has 4 atom stereocenters. The van der Waals surface area contributed by atoms with Crippen molar-refractivity contribution in [2.45, 2.75) is 58.0 Å². The van der Waals surface area contributed by atoms with Crippen LogP contribution in [-0.2, 0) is 28.3 Å². The van der Waals surface area contributed by atoms with E-state index >= 15 is 0 Å². The molecule has 1 saturated heterocycles. The molecule has 1 spiro atoms. The highest BCUT2D eigenvalue weighted by molar-refractivity contribution is 6.48. The molecule has 1 fully saturated rings. The topological polar surface area (TPSA) is 101 Å². The molecule has 28 heavy (non-hydrogen) atoms. The van der Waals surface area contributed by atoms with Crippen molar-refractivity contribution in [1.29, 1.82) is 0 Å². The van der Waals surface area contributed by atoms with Gasteiger partial charge in [-0.15, -0.1) is 0 Å². The zero-order valence-electron chi connectivity index (χ0n) is 17.4. The van der Waals surface area contributed by atoms with Crippen LogP contribution in [0.4, 0.5) is 9.59 Å². The van der Waals surface area contributed by atoms with Gasteiger partial charge in [-0.3, -0.25) is 4.79 Å². The number of rotatable bonds is 4. The van der Waals surface area contributed by atoms with Crippen molar-refractivity contribution in [1.82, 2.24) is 5.06 Å². The Balaban J connectivity index is 2.47. The number of carbonyl (C=O) groups is 3. The van der Waals surface area contributed by atoms with Gasteiger partial charge in [0.2, 0.25) is 9.04 Å². The van der Waals surface area contributed by atoms with E-state index in [1.165, 1.54) is 19.3 Å². The average Bonchev–Trinajstić information content (AvgIpc) is 2.60. The fraction of sp³-hybridized carbons (Fsp3) is 0.722. The van der Waals surface area contributed by atoms with E-state index in [9.17, 15) is 14.4 Å². The van der Waals surface area contributed by atoms with E-state index in [1.807, 2.05) is 33.9 Å². The first kappa shape index (κ1) is 22.2. The van der Waals surface area contributed by atoms with Crippen LogP contribution in [0, 0.1) is 11.3 Å². The molecule has 0 bridgehead atoms. The van der Waals surface area contributed by atoms with Gasteiger partial charge < -0.3 is 23.5 Å². The fourth-order valence-corrected chi connectivity index (χ4v) is 4.58. The summed E-state index contributed by atoms with van der Waals surface area (Å²) in [7, 11) is 0.785. The number of nitrogens with zero attached hydrogens (tertiary/aromatic N) is 1. The maximum atomic E-state index is 12.9. The Morgan fingerprint density at radius 1 is 1.14 bits per heavy atom. The monoisotopic (exact) mass is 415 g/mol. The summed E-state index contributed by atoms with van der Waals surface area (Å²) in [5.74, 6) is -0.651. The van der Waals surface area contributed by atoms with Crippen molar-refractivity contribution >= 4 is 27.3 Å². The lowest BCUT2D eigenvalue weighted by molar-refractivity contribution is -0.263. The van der Waals surface area contributed by atoms with Crippen LogP contribution in [-0.4, -0.2) is 64.3 Å². The molecule has 2 rings (SSSR count). The van der Waals surface area contributed by atoms with Crippen LogP contribution in [0.25, 0.3) is 0 Å². The number of hydrogen-bond donors (Lipinski definition) is 0. The van der Waals surface area contributed by atoms with E-state index in [0.29, 0.717) is 0 Å². The van der Waals surface area contributed by atoms with Crippen molar-refractivity contribution in [2.24, 2.45) is 11.3 Å². The average molecular weight is 416 g/mol. The number of methoxy groups -OCH3 is 2. The van der Waals surface area contributed by atoms with Crippen LogP contribution >= 0.6 is 0 Å². The first-order chi connectivity index (χ1) is 13.0. The second-order valence-electron chi connectivity index (χ2n) is 8.24. The van der Waals surface area contributed by atoms with Gasteiger partial charge >= 0.3 is 12.3 Å². The Kier molecular flexibility index (Phi) is 6.44. The maximum Gasteiger partial charge on any atom is 0.508 e. The van der Waals surface area contributed by atoms with Gasteiger partial charge in [0.15, 0.2) is 0 Å². The van der Waals surface area contributed by atoms with E-state index < -0.39 is 50.4 Å². The molecule has 158 valence electrons. The molecule has 2 aliphatic rings. The van der Waals surface area contributed by atoms with Crippen molar-refractivity contribution < 1.29 is 37.9 Å². The normalized spacial score (nSPS) is 29.5. The summed E-state index contributed by atoms with van der Waals surface area (Å²) in [5.41, 5.74) is -1.43. The Morgan fingerprint density at radius 2 is 1.71 bits per heavy atom. The van der Waals surface area contributed by atoms with Crippen LogP contribution in [0.3, 0.4) is 0 Å². The minimum atomic E-state index is -1.63. The molecular weight excluding hydrogens is 386 g/mol. The summed E-state index contributed by atoms with van der Waals surface area (Å²) in [6, 6.07) is 0. The van der Waals surface area contributed by atoms with Crippen LogP contribution in [0.2, 0.25) is 13.1 Å². The second kappa shape index (κ2) is 8.12. The van der Waals surface area contributed by atoms with Gasteiger partial charge in [-0.1, -0.05) is 26.8 Å². The maximum absolute atomic E-state index is 12.9. The number of amides is 1. The lowest BCUT2D eigenvalue weighted by Crippen LogP contribution is -2.79. The van der Waals surface area contributed by atoms with Gasteiger partial charge in [0, 0.05) is 6.42 Å². The highest BCUT2D eigenvalue weighted by atomic mass is 28.3. The lowest BCUT2D eigenvalue weighted by Gasteiger charge is -2.62. The van der Waals surface area contributed by atoms with Gasteiger partial charge in [-0.25, -0.2) is 14.7 Å². The summed E-state index contributed by atoms with van der Waals surface area (Å²) in [6.07, 6.45) is 0.326. The molecule has 10 heteroatoms. The van der Waals surface area contributed by atoms with E-state index in [-0.39, 0.29) is 12.3 Å². The van der Waals surface area contributed by atoms with E-state index in [4.69, 9.17) is 14.0 Å². The van der Waals surface area contributed by atoms with E-state index in [2.05, 4.69) is 9.47 Å². The zero-order valence-corrected chi connectivity index (χ0v) is 18.5. The van der Waals surface area contributed by atoms with Crippen LogP contribution in [0.15, 0.2) is 12.2 Å². The van der Waals surface area contributed by atoms with Gasteiger partial charge in [0.1, 0.15) is 17.7 Å². The Morgan fingerprint density at radius 3 is 2.21 bits per heavy atom. The SMILES string of the molecule is COC(=O)OC1C=CC2(C(OC(=O)OC)C1)C(C(C)(C)C)C(=O)N2O[SiH](C)C. The molecule has 1 heterocycles. The third-order valence-electron chi connectivity index (χ3n) is 4.80. The first-order valence-electron chi connectivity index (χ1n) is 9.16. The minimum Gasteiger partial charge on any atom is -0.438 e. The second-order valence-corrected chi connectivity index (χ2v) is 10.5. The number of ether oxygens (including phenoxy) is 4. The Hall–Kier alpha value is -2.07. The molecule has 4 unspecified atom stereocenters. The van der Waals surface area contributed by atoms with E-state index in [0.717, 1.165) is 0 Å². The van der Waals surface area contributed by atoms with Gasteiger partial charge in [0.05, 0.1) is 20.1 Å². The summed E-state index contributed by atoms with van der Waals surface area (Å²) in [5, 5.41) is 1.33. The lowest BCUT2D eigenvalue weighted by atomic mass is 9.58. The van der Waals surface area contributed by atoms with Crippen molar-refractivity contribution in [3.05, 3.63) is 12.2 Å². The Labute approximate surface area is 166 Å². The predicted octanol–water partition coefficient (Wildman–Crippen LogP) is 2.41. The molecule has 9 nitrogen and oxygen atoms in total. The molecule has 0 aromatic carbocycles. The molecule has 1 amide bonds. The van der Waals surface area contributed by atoms with Crippen molar-refractivity contribution in [3.63, 3.8) is 0 Å². The van der Waals surface area contributed by atoms with Crippen LogP contribution in [0.5, 0.6) is 0 Å². The number of hydroxylamine groups is 2. The highest BCUT2D eigenvalue weighted by Crippen LogP contribution is 2.54. The van der Waals surface area contributed by atoms with Crippen LogP contribution < -0.4 is 0 Å². The molecule has 0 saturated carbocycles. The standard InChI is InChI=1S/C18H29NO8Si/c1-17(2,3)13-14(20)19(27-28(6)7)18(13)9-8-11(25-15(21)23-4)10-12(18)26-16(22)24-5/h8-9,11-13,28H,10H2,1-7H3. The molecule has 1 aliphatic heterocycles. The van der Waals surface area contributed by atoms with Crippen molar-refractivity contribution in [2.75, 3.05) is 14.2 Å². The number of β-lactam (4-membered cyclic amide) rings is 1. The predicted molar refractivity (Wildman–Crippen MR) is 101 cm³/mol. The minimum absolute atomic E-state index is 0.139. The van der Waals surface area contributed by atoms with Gasteiger partial charge in [-0.2, -0.15) is 0 Å². The summed E-state index contributed by atoms with van der Waals surface area (Å²) >= 11 is 0. The summed E-state index contributed by atoms with van der Waals surface area (Å²) < 4.78 is 25.8. The third-order valence-corrected chi connectivity index (χ3v) is 5.44. The summed E-state index contributed by atoms with van der Waals surface area (Å²) in [6.45, 7) is 9.72. The smallest absolute Gasteiger partial charge is 0.438 e. The fourth-order valence-electron chi connectivity index (χ4n) is 3.87. The van der Waals surface area contributed by atoms with Gasteiger partial charge in [-0.05, 0) is 24.6 Å². The molecule has 1 aliphatic carbocycles. The molecule has 0 aromatic rings. The van der Waals surface area contributed by atoms with Crippen LogP contribution in [0.1, 0.15) is 27.2 Å². The molecule has 0 N–H and O–H groups in total. The zero-order chi connectivity index (χ0) is 21.3. The quantitative estimate of drug-likeness (QED) is 0.299. The van der Waals surface area contributed by atoms with Gasteiger partial charge in [0.25, 0.3) is 5.91 Å². The highest BCUT2D eigenvalue weighted by Gasteiger charge is 2.69. The number of carbonyl (C=O) groups excluding carboxylic acids is 3. The van der Waals surface area contributed by atoms with E-state index in [1.54, 1.807) is 12.2 Å². The van der Waals surface area contributed by atoms with Crippen molar-refractivity contribution in [3.8, 4) is 0 Å². The Bertz CT molecular complexity index is 658.